The number of carbonyl (C=O) groups excluding carboxylic acids is 1. The summed E-state index contributed by atoms with van der Waals surface area (Å²) < 4.78 is 13.3. The van der Waals surface area contributed by atoms with Gasteiger partial charge in [0.2, 0.25) is 0 Å². The van der Waals surface area contributed by atoms with Gasteiger partial charge in [-0.05, 0) is 36.8 Å². The third kappa shape index (κ3) is 4.68. The molecule has 1 aromatic rings. The van der Waals surface area contributed by atoms with Gasteiger partial charge in [-0.2, -0.15) is 0 Å². The van der Waals surface area contributed by atoms with Crippen LogP contribution < -0.4 is 10.6 Å². The van der Waals surface area contributed by atoms with Crippen molar-refractivity contribution in [2.75, 3.05) is 6.54 Å². The van der Waals surface area contributed by atoms with E-state index >= 15 is 0 Å². The lowest BCUT2D eigenvalue weighted by molar-refractivity contribution is 0.244. The quantitative estimate of drug-likeness (QED) is 0.850. The Morgan fingerprint density at radius 2 is 2.05 bits per heavy atom. The van der Waals surface area contributed by atoms with Crippen LogP contribution in [0.2, 0.25) is 0 Å². The molecule has 1 aliphatic carbocycles. The lowest BCUT2D eigenvalue weighted by Gasteiger charge is -2.06. The second kappa shape index (κ2) is 7.68. The van der Waals surface area contributed by atoms with Crippen LogP contribution in [0.3, 0.4) is 0 Å². The lowest BCUT2D eigenvalue weighted by atomic mass is 10.1. The van der Waals surface area contributed by atoms with Gasteiger partial charge in [-0.25, -0.2) is 9.18 Å². The molecule has 0 atom stereocenters. The van der Waals surface area contributed by atoms with E-state index in [1.165, 1.54) is 31.7 Å². The average Bonchev–Trinajstić information content (AvgIpc) is 2.94. The van der Waals surface area contributed by atoms with E-state index in [9.17, 15) is 9.18 Å². The van der Waals surface area contributed by atoms with E-state index in [1.807, 2.05) is 0 Å². The number of hydrogen-bond donors (Lipinski definition) is 2. The van der Waals surface area contributed by atoms with Gasteiger partial charge >= 0.3 is 6.03 Å². The fourth-order valence-corrected chi connectivity index (χ4v) is 2.47. The van der Waals surface area contributed by atoms with Crippen molar-refractivity contribution in [1.29, 1.82) is 0 Å². The summed E-state index contributed by atoms with van der Waals surface area (Å²) in [5.41, 5.74) is 0.620. The van der Waals surface area contributed by atoms with Crippen LogP contribution in [0.5, 0.6) is 0 Å². The van der Waals surface area contributed by atoms with Gasteiger partial charge in [0.25, 0.3) is 0 Å². The minimum Gasteiger partial charge on any atom is -0.338 e. The van der Waals surface area contributed by atoms with Crippen molar-refractivity contribution in [3.8, 4) is 0 Å². The number of halogens is 1. The Hall–Kier alpha value is -1.84. The molecule has 0 heterocycles. The summed E-state index contributed by atoms with van der Waals surface area (Å²) in [6, 6.07) is 6.38. The second-order valence-electron chi connectivity index (χ2n) is 5.15. The largest absolute Gasteiger partial charge is 0.338 e. The molecular formula is C16H21FN2O. The number of urea groups is 1. The third-order valence-corrected chi connectivity index (χ3v) is 3.62. The zero-order valence-electron chi connectivity index (χ0n) is 11.6. The van der Waals surface area contributed by atoms with E-state index < -0.39 is 0 Å². The Kier molecular flexibility index (Phi) is 5.59. The van der Waals surface area contributed by atoms with Crippen LogP contribution in [0.1, 0.15) is 31.2 Å². The average molecular weight is 276 g/mol. The predicted octanol–water partition coefficient (Wildman–Crippen LogP) is 3.37. The third-order valence-electron chi connectivity index (χ3n) is 3.62. The van der Waals surface area contributed by atoms with Gasteiger partial charge in [0.05, 0.1) is 0 Å². The Morgan fingerprint density at radius 1 is 1.30 bits per heavy atom. The van der Waals surface area contributed by atoms with Gasteiger partial charge in [-0.1, -0.05) is 37.1 Å². The zero-order valence-corrected chi connectivity index (χ0v) is 11.6. The molecule has 2 N–H and O–H groups in total. The fourth-order valence-electron chi connectivity index (χ4n) is 2.47. The molecule has 1 fully saturated rings. The Bertz CT molecular complexity index is 467. The van der Waals surface area contributed by atoms with Gasteiger partial charge in [-0.15, -0.1) is 0 Å². The van der Waals surface area contributed by atoms with Crippen LogP contribution in [-0.2, 0) is 6.42 Å². The highest BCUT2D eigenvalue weighted by Crippen LogP contribution is 2.25. The Morgan fingerprint density at radius 3 is 2.80 bits per heavy atom. The predicted molar refractivity (Wildman–Crippen MR) is 77.7 cm³/mol. The first kappa shape index (κ1) is 14.6. The van der Waals surface area contributed by atoms with Gasteiger partial charge in [-0.3, -0.25) is 0 Å². The number of allylic oxidation sites excluding steroid dienone is 1. The molecule has 0 saturated heterocycles. The van der Waals surface area contributed by atoms with E-state index in [2.05, 4.69) is 16.7 Å². The minimum atomic E-state index is -0.240. The van der Waals surface area contributed by atoms with Crippen molar-refractivity contribution in [2.45, 2.75) is 32.1 Å². The topological polar surface area (TPSA) is 41.1 Å². The van der Waals surface area contributed by atoms with Gasteiger partial charge in [0, 0.05) is 12.7 Å². The number of carbonyl (C=O) groups is 1. The molecule has 4 heteroatoms. The maximum atomic E-state index is 13.3. The normalized spacial score (nSPS) is 15.7. The molecule has 1 aromatic carbocycles. The standard InChI is InChI=1S/C16H21FN2O/c17-15-8-4-3-7-14(15)10-12-19-16(20)18-11-9-13-5-1-2-6-13/h3-4,7-9,11,13H,1-2,5-6,10,12H2,(H2,18,19,20)/b11-9+. The molecule has 3 nitrogen and oxygen atoms in total. The molecule has 20 heavy (non-hydrogen) atoms. The highest BCUT2D eigenvalue weighted by atomic mass is 19.1. The van der Waals surface area contributed by atoms with E-state index in [0.717, 1.165) is 0 Å². The number of hydrogen-bond acceptors (Lipinski definition) is 1. The van der Waals surface area contributed by atoms with Crippen LogP contribution in [0.15, 0.2) is 36.5 Å². The molecule has 108 valence electrons. The summed E-state index contributed by atoms with van der Waals surface area (Å²) in [6.45, 7) is 0.421. The molecule has 0 aromatic heterocycles. The zero-order chi connectivity index (χ0) is 14.2. The fraction of sp³-hybridized carbons (Fsp3) is 0.438. The summed E-state index contributed by atoms with van der Waals surface area (Å²) in [4.78, 5) is 11.5. The van der Waals surface area contributed by atoms with Crippen molar-refractivity contribution in [3.63, 3.8) is 0 Å². The first-order valence-corrected chi connectivity index (χ1v) is 7.20. The van der Waals surface area contributed by atoms with Crippen LogP contribution in [0.4, 0.5) is 9.18 Å². The van der Waals surface area contributed by atoms with Gasteiger partial charge in [0.1, 0.15) is 5.82 Å². The van der Waals surface area contributed by atoms with Gasteiger partial charge < -0.3 is 10.6 Å². The first-order valence-electron chi connectivity index (χ1n) is 7.20. The van der Waals surface area contributed by atoms with Crippen molar-refractivity contribution < 1.29 is 9.18 Å². The maximum Gasteiger partial charge on any atom is 0.318 e. The molecular weight excluding hydrogens is 255 g/mol. The van der Waals surface area contributed by atoms with Crippen LogP contribution in [-0.4, -0.2) is 12.6 Å². The lowest BCUT2D eigenvalue weighted by Crippen LogP contribution is -2.33. The summed E-state index contributed by atoms with van der Waals surface area (Å²) >= 11 is 0. The van der Waals surface area contributed by atoms with Crippen molar-refractivity contribution in [2.24, 2.45) is 5.92 Å². The summed E-state index contributed by atoms with van der Waals surface area (Å²) in [6.07, 6.45) is 9.26. The highest BCUT2D eigenvalue weighted by Gasteiger charge is 2.11. The molecule has 1 aliphatic rings. The summed E-state index contributed by atoms with van der Waals surface area (Å²) in [5, 5.41) is 5.40. The van der Waals surface area contributed by atoms with E-state index in [1.54, 1.807) is 24.4 Å². The van der Waals surface area contributed by atoms with E-state index in [4.69, 9.17) is 0 Å². The van der Waals surface area contributed by atoms with E-state index in [0.29, 0.717) is 24.4 Å². The Balaban J connectivity index is 1.64. The number of nitrogens with one attached hydrogen (secondary N) is 2. The number of amides is 2. The van der Waals surface area contributed by atoms with Crippen molar-refractivity contribution >= 4 is 6.03 Å². The smallest absolute Gasteiger partial charge is 0.318 e. The summed E-state index contributed by atoms with van der Waals surface area (Å²) in [7, 11) is 0. The second-order valence-corrected chi connectivity index (χ2v) is 5.15. The SMILES string of the molecule is O=C(N/C=C/C1CCCC1)NCCc1ccccc1F. The van der Waals surface area contributed by atoms with Crippen molar-refractivity contribution in [3.05, 3.63) is 47.9 Å². The Labute approximate surface area is 119 Å². The molecule has 1 saturated carbocycles. The van der Waals surface area contributed by atoms with Crippen LogP contribution >= 0.6 is 0 Å². The number of benzene rings is 1. The molecule has 0 spiro atoms. The minimum absolute atomic E-state index is 0.226. The maximum absolute atomic E-state index is 13.3. The van der Waals surface area contributed by atoms with Gasteiger partial charge in [0.15, 0.2) is 0 Å². The molecule has 0 radical (unpaired) electrons. The molecule has 2 amide bonds. The molecule has 0 bridgehead atoms. The van der Waals surface area contributed by atoms with Crippen LogP contribution in [0, 0.1) is 11.7 Å². The van der Waals surface area contributed by atoms with E-state index in [-0.39, 0.29) is 11.8 Å². The molecule has 2 rings (SSSR count). The van der Waals surface area contributed by atoms with Crippen molar-refractivity contribution in [1.82, 2.24) is 10.6 Å². The summed E-state index contributed by atoms with van der Waals surface area (Å²) in [5.74, 6) is 0.379. The monoisotopic (exact) mass is 276 g/mol. The number of rotatable bonds is 5. The first-order chi connectivity index (χ1) is 9.75. The highest BCUT2D eigenvalue weighted by molar-refractivity contribution is 5.74. The molecule has 0 aliphatic heterocycles. The molecule has 0 unspecified atom stereocenters. The van der Waals surface area contributed by atoms with Crippen LogP contribution in [0.25, 0.3) is 0 Å².